The standard InChI is InChI=1S/C13H18N4/c1-8-16-12(9-4-2-3-5-9)11-10(6-14)7-15-13(11)17-8/h7,9H,2-6,14H2,1H3,(H,15,16,17). The average molecular weight is 230 g/mol. The molecule has 0 saturated heterocycles. The maximum absolute atomic E-state index is 5.79. The van der Waals surface area contributed by atoms with Crippen molar-refractivity contribution in [1.29, 1.82) is 0 Å². The molecule has 0 amide bonds. The van der Waals surface area contributed by atoms with Gasteiger partial charge >= 0.3 is 0 Å². The minimum Gasteiger partial charge on any atom is -0.346 e. The Morgan fingerprint density at radius 3 is 2.82 bits per heavy atom. The second-order valence-electron chi connectivity index (χ2n) is 4.88. The molecule has 0 bridgehead atoms. The predicted octanol–water partition coefficient (Wildman–Crippen LogP) is 2.38. The molecule has 3 rings (SSSR count). The summed E-state index contributed by atoms with van der Waals surface area (Å²) in [6.45, 7) is 2.51. The number of fused-ring (bicyclic) bond motifs is 1. The first-order chi connectivity index (χ1) is 8.29. The third-order valence-corrected chi connectivity index (χ3v) is 3.71. The van der Waals surface area contributed by atoms with Gasteiger partial charge < -0.3 is 10.7 Å². The summed E-state index contributed by atoms with van der Waals surface area (Å²) in [5.41, 5.74) is 9.09. The summed E-state index contributed by atoms with van der Waals surface area (Å²) >= 11 is 0. The Bertz CT molecular complexity index is 538. The van der Waals surface area contributed by atoms with Crippen molar-refractivity contribution in [2.45, 2.75) is 45.1 Å². The van der Waals surface area contributed by atoms with Gasteiger partial charge in [0, 0.05) is 24.0 Å². The van der Waals surface area contributed by atoms with E-state index in [-0.39, 0.29) is 0 Å². The van der Waals surface area contributed by atoms with Crippen LogP contribution in [0.3, 0.4) is 0 Å². The van der Waals surface area contributed by atoms with Crippen LogP contribution in [0.15, 0.2) is 6.20 Å². The molecule has 3 N–H and O–H groups in total. The Balaban J connectivity index is 2.22. The zero-order valence-electron chi connectivity index (χ0n) is 10.2. The molecule has 1 aliphatic rings. The van der Waals surface area contributed by atoms with Crippen LogP contribution in [-0.2, 0) is 6.54 Å². The summed E-state index contributed by atoms with van der Waals surface area (Å²) < 4.78 is 0. The number of rotatable bonds is 2. The normalized spacial score (nSPS) is 17.1. The Hall–Kier alpha value is -1.42. The van der Waals surface area contributed by atoms with Gasteiger partial charge in [-0.25, -0.2) is 9.97 Å². The molecule has 2 aromatic heterocycles. The molecule has 1 fully saturated rings. The number of hydrogen-bond donors (Lipinski definition) is 2. The lowest BCUT2D eigenvalue weighted by Gasteiger charge is -2.11. The quantitative estimate of drug-likeness (QED) is 0.832. The van der Waals surface area contributed by atoms with Gasteiger partial charge in [-0.1, -0.05) is 12.8 Å². The third-order valence-electron chi connectivity index (χ3n) is 3.71. The lowest BCUT2D eigenvalue weighted by molar-refractivity contribution is 0.697. The Morgan fingerprint density at radius 2 is 2.12 bits per heavy atom. The summed E-state index contributed by atoms with van der Waals surface area (Å²) in [6.07, 6.45) is 7.11. The minimum atomic E-state index is 0.548. The number of nitrogens with zero attached hydrogens (tertiary/aromatic N) is 2. The molecule has 1 saturated carbocycles. The molecule has 4 heteroatoms. The molecule has 0 radical (unpaired) electrons. The highest BCUT2D eigenvalue weighted by Crippen LogP contribution is 2.37. The molecule has 0 aliphatic heterocycles. The second kappa shape index (κ2) is 4.11. The zero-order valence-corrected chi connectivity index (χ0v) is 10.2. The van der Waals surface area contributed by atoms with Crippen molar-refractivity contribution in [3.8, 4) is 0 Å². The number of nitrogens with two attached hydrogens (primary N) is 1. The fraction of sp³-hybridized carbons (Fsp3) is 0.538. The monoisotopic (exact) mass is 230 g/mol. The highest BCUT2D eigenvalue weighted by Gasteiger charge is 2.23. The zero-order chi connectivity index (χ0) is 11.8. The van der Waals surface area contributed by atoms with Crippen LogP contribution in [0.5, 0.6) is 0 Å². The molecule has 4 nitrogen and oxygen atoms in total. The van der Waals surface area contributed by atoms with E-state index in [9.17, 15) is 0 Å². The third kappa shape index (κ3) is 1.72. The smallest absolute Gasteiger partial charge is 0.141 e. The van der Waals surface area contributed by atoms with E-state index in [2.05, 4.69) is 15.0 Å². The molecule has 0 atom stereocenters. The number of aromatic amines is 1. The van der Waals surface area contributed by atoms with Crippen LogP contribution >= 0.6 is 0 Å². The number of hydrogen-bond acceptors (Lipinski definition) is 3. The number of nitrogens with one attached hydrogen (secondary N) is 1. The lowest BCUT2D eigenvalue weighted by Crippen LogP contribution is -2.04. The Labute approximate surface area is 101 Å². The van der Waals surface area contributed by atoms with Crippen molar-refractivity contribution >= 4 is 11.0 Å². The largest absolute Gasteiger partial charge is 0.346 e. The summed E-state index contributed by atoms with van der Waals surface area (Å²) in [4.78, 5) is 12.3. The van der Waals surface area contributed by atoms with Gasteiger partial charge in [0.15, 0.2) is 0 Å². The van der Waals surface area contributed by atoms with E-state index in [1.165, 1.54) is 36.8 Å². The van der Waals surface area contributed by atoms with Crippen molar-refractivity contribution in [3.05, 3.63) is 23.3 Å². The molecule has 2 heterocycles. The van der Waals surface area contributed by atoms with Crippen LogP contribution in [0.25, 0.3) is 11.0 Å². The molecule has 0 spiro atoms. The molecule has 90 valence electrons. The second-order valence-corrected chi connectivity index (χ2v) is 4.88. The highest BCUT2D eigenvalue weighted by atomic mass is 15.0. The van der Waals surface area contributed by atoms with Crippen LogP contribution in [0.2, 0.25) is 0 Å². The summed E-state index contributed by atoms with van der Waals surface area (Å²) in [7, 11) is 0. The maximum Gasteiger partial charge on any atom is 0.141 e. The Kier molecular flexibility index (Phi) is 2.59. The van der Waals surface area contributed by atoms with Crippen molar-refractivity contribution in [2.24, 2.45) is 5.73 Å². The number of H-pyrrole nitrogens is 1. The topological polar surface area (TPSA) is 67.6 Å². The van der Waals surface area contributed by atoms with Crippen LogP contribution in [0, 0.1) is 6.92 Å². The SMILES string of the molecule is Cc1nc(C2CCCC2)c2c(CN)c[nH]c2n1. The lowest BCUT2D eigenvalue weighted by atomic mass is 9.99. The van der Waals surface area contributed by atoms with Gasteiger partial charge in [-0.3, -0.25) is 0 Å². The van der Waals surface area contributed by atoms with Gasteiger partial charge in [0.1, 0.15) is 11.5 Å². The number of aryl methyl sites for hydroxylation is 1. The number of aromatic nitrogens is 3. The molecular formula is C13H18N4. The van der Waals surface area contributed by atoms with E-state index in [1.54, 1.807) is 0 Å². The van der Waals surface area contributed by atoms with Crippen molar-refractivity contribution in [2.75, 3.05) is 0 Å². The molecular weight excluding hydrogens is 212 g/mol. The maximum atomic E-state index is 5.79. The minimum absolute atomic E-state index is 0.548. The summed E-state index contributed by atoms with van der Waals surface area (Å²) in [5.74, 6) is 1.45. The van der Waals surface area contributed by atoms with Crippen LogP contribution in [0.4, 0.5) is 0 Å². The summed E-state index contributed by atoms with van der Waals surface area (Å²) in [6, 6.07) is 0. The van der Waals surface area contributed by atoms with E-state index in [4.69, 9.17) is 5.73 Å². The van der Waals surface area contributed by atoms with Gasteiger partial charge in [-0.2, -0.15) is 0 Å². The van der Waals surface area contributed by atoms with Crippen molar-refractivity contribution < 1.29 is 0 Å². The average Bonchev–Trinajstić information content (AvgIpc) is 2.96. The molecule has 0 unspecified atom stereocenters. The predicted molar refractivity (Wildman–Crippen MR) is 67.7 cm³/mol. The fourth-order valence-corrected chi connectivity index (χ4v) is 2.90. The van der Waals surface area contributed by atoms with Crippen LogP contribution < -0.4 is 5.73 Å². The van der Waals surface area contributed by atoms with E-state index < -0.39 is 0 Å². The molecule has 2 aromatic rings. The van der Waals surface area contributed by atoms with Gasteiger partial charge in [0.05, 0.1) is 5.69 Å². The highest BCUT2D eigenvalue weighted by molar-refractivity contribution is 5.82. The van der Waals surface area contributed by atoms with Crippen LogP contribution in [-0.4, -0.2) is 15.0 Å². The van der Waals surface area contributed by atoms with E-state index in [0.717, 1.165) is 17.0 Å². The molecule has 0 aromatic carbocycles. The van der Waals surface area contributed by atoms with Gasteiger partial charge in [0.2, 0.25) is 0 Å². The van der Waals surface area contributed by atoms with Crippen molar-refractivity contribution in [3.63, 3.8) is 0 Å². The van der Waals surface area contributed by atoms with Gasteiger partial charge in [-0.05, 0) is 25.3 Å². The molecule has 17 heavy (non-hydrogen) atoms. The summed E-state index contributed by atoms with van der Waals surface area (Å²) in [5, 5.41) is 1.17. The first kappa shape index (κ1) is 10.7. The molecule has 1 aliphatic carbocycles. The van der Waals surface area contributed by atoms with E-state index in [0.29, 0.717) is 12.5 Å². The first-order valence-corrected chi connectivity index (χ1v) is 6.34. The van der Waals surface area contributed by atoms with Crippen molar-refractivity contribution in [1.82, 2.24) is 15.0 Å². The van der Waals surface area contributed by atoms with Gasteiger partial charge in [-0.15, -0.1) is 0 Å². The van der Waals surface area contributed by atoms with E-state index >= 15 is 0 Å². The van der Waals surface area contributed by atoms with E-state index in [1.807, 2.05) is 13.1 Å². The van der Waals surface area contributed by atoms with Gasteiger partial charge in [0.25, 0.3) is 0 Å². The van der Waals surface area contributed by atoms with Crippen LogP contribution in [0.1, 0.15) is 48.7 Å². The Morgan fingerprint density at radius 1 is 1.35 bits per heavy atom. The first-order valence-electron chi connectivity index (χ1n) is 6.34. The fourth-order valence-electron chi connectivity index (χ4n) is 2.90.